The second-order valence-electron chi connectivity index (χ2n) is 7.69. The highest BCUT2D eigenvalue weighted by atomic mass is 32.1. The summed E-state index contributed by atoms with van der Waals surface area (Å²) in [7, 11) is 2.99. The topological polar surface area (TPSA) is 93.6 Å². The lowest BCUT2D eigenvalue weighted by molar-refractivity contribution is -0.117. The van der Waals surface area contributed by atoms with E-state index in [-0.39, 0.29) is 17.4 Å². The van der Waals surface area contributed by atoms with Crippen LogP contribution in [0.4, 0.5) is 10.8 Å². The Morgan fingerprint density at radius 3 is 2.38 bits per heavy atom. The van der Waals surface area contributed by atoms with E-state index in [2.05, 4.69) is 21.6 Å². The Labute approximate surface area is 190 Å². The number of hydrogen-bond acceptors (Lipinski definition) is 7. The second-order valence-corrected chi connectivity index (χ2v) is 8.70. The highest BCUT2D eigenvalue weighted by Crippen LogP contribution is 2.35. The van der Waals surface area contributed by atoms with Crippen LogP contribution in [-0.4, -0.2) is 42.8 Å². The van der Waals surface area contributed by atoms with Crippen molar-refractivity contribution in [2.24, 2.45) is 0 Å². The predicted octanol–water partition coefficient (Wildman–Crippen LogP) is 3.94. The Kier molecular flexibility index (Phi) is 6.09. The third kappa shape index (κ3) is 4.29. The van der Waals surface area contributed by atoms with Gasteiger partial charge >= 0.3 is 0 Å². The summed E-state index contributed by atoms with van der Waals surface area (Å²) in [6, 6.07) is 11.2. The number of nitrogens with one attached hydrogen (secondary N) is 1. The minimum Gasteiger partial charge on any atom is -0.496 e. The maximum atomic E-state index is 12.9. The first-order valence-electron chi connectivity index (χ1n) is 10.1. The van der Waals surface area contributed by atoms with E-state index in [1.54, 1.807) is 23.1 Å². The second kappa shape index (κ2) is 8.96. The molecule has 1 aliphatic rings. The van der Waals surface area contributed by atoms with Crippen LogP contribution in [0.3, 0.4) is 0 Å². The first-order valence-corrected chi connectivity index (χ1v) is 11.0. The van der Waals surface area contributed by atoms with Crippen molar-refractivity contribution in [3.05, 3.63) is 58.1 Å². The number of nitrogens with zero attached hydrogens (tertiary/aromatic N) is 3. The van der Waals surface area contributed by atoms with Crippen LogP contribution in [0, 0.1) is 13.8 Å². The van der Waals surface area contributed by atoms with Gasteiger partial charge in [0.1, 0.15) is 22.1 Å². The fourth-order valence-corrected chi connectivity index (χ4v) is 4.74. The molecule has 32 heavy (non-hydrogen) atoms. The van der Waals surface area contributed by atoms with Gasteiger partial charge in [0, 0.05) is 24.6 Å². The number of carbonyl (C=O) groups excluding carboxylic acids is 2. The van der Waals surface area contributed by atoms with Crippen LogP contribution in [0.15, 0.2) is 36.4 Å². The predicted molar refractivity (Wildman–Crippen MR) is 123 cm³/mol. The van der Waals surface area contributed by atoms with Crippen LogP contribution in [0.25, 0.3) is 0 Å². The van der Waals surface area contributed by atoms with E-state index >= 15 is 0 Å². The normalized spacial score (nSPS) is 15.7. The van der Waals surface area contributed by atoms with Gasteiger partial charge in [0.05, 0.1) is 14.2 Å². The van der Waals surface area contributed by atoms with Crippen molar-refractivity contribution in [3.63, 3.8) is 0 Å². The van der Waals surface area contributed by atoms with Crippen molar-refractivity contribution in [2.75, 3.05) is 31.0 Å². The Hall–Kier alpha value is -3.46. The fourth-order valence-electron chi connectivity index (χ4n) is 3.91. The lowest BCUT2D eigenvalue weighted by Gasteiger charge is -2.17. The van der Waals surface area contributed by atoms with Crippen LogP contribution < -0.4 is 19.7 Å². The number of aromatic nitrogens is 2. The molecule has 1 unspecified atom stereocenters. The molecule has 3 aromatic rings. The summed E-state index contributed by atoms with van der Waals surface area (Å²) >= 11 is 1.27. The Morgan fingerprint density at radius 2 is 1.75 bits per heavy atom. The number of benzene rings is 2. The molecule has 1 fully saturated rings. The van der Waals surface area contributed by atoms with Crippen molar-refractivity contribution < 1.29 is 19.1 Å². The van der Waals surface area contributed by atoms with Gasteiger partial charge in [0.2, 0.25) is 11.0 Å². The standard InChI is InChI=1S/C23H24N4O4S/c1-13-8-14(2)10-16(9-13)27-12-15(11-19(27)28)22-25-26-23(32-22)24-21(29)20-17(30-3)6-5-7-18(20)31-4/h5-10,15H,11-12H2,1-4H3,(H,24,26,29). The molecule has 2 aromatic carbocycles. The quantitative estimate of drug-likeness (QED) is 0.609. The summed E-state index contributed by atoms with van der Waals surface area (Å²) in [5.74, 6) is 0.377. The van der Waals surface area contributed by atoms with Crippen LogP contribution >= 0.6 is 11.3 Å². The largest absolute Gasteiger partial charge is 0.496 e. The summed E-state index contributed by atoms with van der Waals surface area (Å²) in [4.78, 5) is 27.3. The lowest BCUT2D eigenvalue weighted by atomic mass is 10.1. The molecule has 0 radical (unpaired) electrons. The Morgan fingerprint density at radius 1 is 1.09 bits per heavy atom. The molecule has 166 valence electrons. The number of carbonyl (C=O) groups is 2. The number of rotatable bonds is 6. The average molecular weight is 453 g/mol. The van der Waals surface area contributed by atoms with E-state index < -0.39 is 5.91 Å². The molecular formula is C23H24N4O4S. The molecule has 1 atom stereocenters. The Balaban J connectivity index is 1.50. The van der Waals surface area contributed by atoms with Crippen molar-refractivity contribution in [2.45, 2.75) is 26.2 Å². The van der Waals surface area contributed by atoms with E-state index in [0.29, 0.717) is 34.6 Å². The summed E-state index contributed by atoms with van der Waals surface area (Å²) < 4.78 is 10.6. The third-order valence-electron chi connectivity index (χ3n) is 5.31. The molecular weight excluding hydrogens is 428 g/mol. The molecule has 1 saturated heterocycles. The lowest BCUT2D eigenvalue weighted by Crippen LogP contribution is -2.24. The van der Waals surface area contributed by atoms with Crippen LogP contribution in [0.5, 0.6) is 11.5 Å². The number of anilines is 2. The molecule has 2 amide bonds. The SMILES string of the molecule is COc1cccc(OC)c1C(=O)Nc1nnc(C2CC(=O)N(c3cc(C)cc(C)c3)C2)s1. The van der Waals surface area contributed by atoms with Gasteiger partial charge in [-0.25, -0.2) is 0 Å². The summed E-state index contributed by atoms with van der Waals surface area (Å²) in [6.45, 7) is 4.57. The van der Waals surface area contributed by atoms with Crippen molar-refractivity contribution in [3.8, 4) is 11.5 Å². The van der Waals surface area contributed by atoms with Crippen LogP contribution in [0.1, 0.15) is 38.8 Å². The minimum atomic E-state index is -0.402. The van der Waals surface area contributed by atoms with Crippen molar-refractivity contribution >= 4 is 34.0 Å². The van der Waals surface area contributed by atoms with E-state index in [9.17, 15) is 9.59 Å². The highest BCUT2D eigenvalue weighted by molar-refractivity contribution is 7.15. The average Bonchev–Trinajstić information content (AvgIpc) is 3.38. The first kappa shape index (κ1) is 21.8. The molecule has 4 rings (SSSR count). The van der Waals surface area contributed by atoms with Gasteiger partial charge < -0.3 is 14.4 Å². The smallest absolute Gasteiger partial charge is 0.265 e. The van der Waals surface area contributed by atoms with Gasteiger partial charge in [0.25, 0.3) is 5.91 Å². The monoisotopic (exact) mass is 452 g/mol. The first-order chi connectivity index (χ1) is 15.4. The summed E-state index contributed by atoms with van der Waals surface area (Å²) in [5, 5.41) is 12.2. The molecule has 9 heteroatoms. The number of hydrogen-bond donors (Lipinski definition) is 1. The highest BCUT2D eigenvalue weighted by Gasteiger charge is 2.34. The minimum absolute atomic E-state index is 0.0551. The van der Waals surface area contributed by atoms with Gasteiger partial charge in [0.15, 0.2) is 0 Å². The molecule has 0 spiro atoms. The maximum absolute atomic E-state index is 12.9. The summed E-state index contributed by atoms with van der Waals surface area (Å²) in [6.07, 6.45) is 0.357. The number of methoxy groups -OCH3 is 2. The maximum Gasteiger partial charge on any atom is 0.265 e. The molecule has 2 heterocycles. The third-order valence-corrected chi connectivity index (χ3v) is 6.31. The van der Waals surface area contributed by atoms with Crippen molar-refractivity contribution in [1.29, 1.82) is 0 Å². The van der Waals surface area contributed by atoms with Gasteiger partial charge in [-0.1, -0.05) is 23.5 Å². The van der Waals surface area contributed by atoms with Crippen LogP contribution in [-0.2, 0) is 4.79 Å². The van der Waals surface area contributed by atoms with Crippen LogP contribution in [0.2, 0.25) is 0 Å². The van der Waals surface area contributed by atoms with E-state index in [1.807, 2.05) is 26.0 Å². The van der Waals surface area contributed by atoms with Gasteiger partial charge in [-0.2, -0.15) is 0 Å². The molecule has 1 N–H and O–H groups in total. The Bertz CT molecular complexity index is 1130. The number of ether oxygens (including phenoxy) is 2. The van der Waals surface area contributed by atoms with Gasteiger partial charge in [-0.15, -0.1) is 10.2 Å². The molecule has 0 saturated carbocycles. The molecule has 0 bridgehead atoms. The van der Waals surface area contributed by atoms with E-state index in [0.717, 1.165) is 16.8 Å². The molecule has 1 aliphatic heterocycles. The zero-order valence-corrected chi connectivity index (χ0v) is 19.2. The fraction of sp³-hybridized carbons (Fsp3) is 0.304. The van der Waals surface area contributed by atoms with Crippen molar-refractivity contribution in [1.82, 2.24) is 10.2 Å². The van der Waals surface area contributed by atoms with E-state index in [4.69, 9.17) is 9.47 Å². The molecule has 1 aromatic heterocycles. The van der Waals surface area contributed by atoms with E-state index in [1.165, 1.54) is 25.6 Å². The zero-order valence-electron chi connectivity index (χ0n) is 18.3. The number of amides is 2. The zero-order chi connectivity index (χ0) is 22.8. The van der Waals surface area contributed by atoms with Gasteiger partial charge in [-0.3, -0.25) is 14.9 Å². The molecule has 0 aliphatic carbocycles. The summed E-state index contributed by atoms with van der Waals surface area (Å²) in [5.41, 5.74) is 3.41. The van der Waals surface area contributed by atoms with Gasteiger partial charge in [-0.05, 0) is 49.2 Å². The number of aryl methyl sites for hydroxylation is 2. The molecule has 8 nitrogen and oxygen atoms in total.